The molecule has 0 N–H and O–H groups in total. The summed E-state index contributed by atoms with van der Waals surface area (Å²) in [7, 11) is 0. The minimum absolute atomic E-state index is 0.375. The summed E-state index contributed by atoms with van der Waals surface area (Å²) in [4.78, 5) is 10.5. The molecule has 0 spiro atoms. The molecule has 0 fully saturated rings. The van der Waals surface area contributed by atoms with Gasteiger partial charge in [-0.05, 0) is 6.42 Å². The first-order chi connectivity index (χ1) is 9.31. The largest absolute Gasteiger partial charge is 0.464 e. The fraction of sp³-hybridized carbons (Fsp3) is 0.938. The molecule has 0 aliphatic carbocycles. The van der Waals surface area contributed by atoms with E-state index in [2.05, 4.69) is 11.7 Å². The summed E-state index contributed by atoms with van der Waals surface area (Å²) >= 11 is 0. The third-order valence-corrected chi connectivity index (χ3v) is 3.37. The van der Waals surface area contributed by atoms with Gasteiger partial charge in [-0.15, -0.1) is 0 Å². The van der Waals surface area contributed by atoms with Crippen LogP contribution in [0.25, 0.3) is 0 Å². The van der Waals surface area contributed by atoms with Crippen LogP contribution in [0.5, 0.6) is 0 Å². The SMILES string of the molecule is CCCCCCCCCCCCCCOC(=O)CF. The molecule has 114 valence electrons. The number of esters is 1. The van der Waals surface area contributed by atoms with Crippen molar-refractivity contribution < 1.29 is 13.9 Å². The van der Waals surface area contributed by atoms with Gasteiger partial charge in [0, 0.05) is 0 Å². The topological polar surface area (TPSA) is 26.3 Å². The van der Waals surface area contributed by atoms with Crippen molar-refractivity contribution in [3.8, 4) is 0 Å². The summed E-state index contributed by atoms with van der Waals surface area (Å²) in [6.45, 7) is 1.62. The molecular weight excluding hydrogens is 243 g/mol. The number of halogens is 1. The lowest BCUT2D eigenvalue weighted by molar-refractivity contribution is -0.144. The maximum atomic E-state index is 11.8. The van der Waals surface area contributed by atoms with Crippen molar-refractivity contribution in [3.63, 3.8) is 0 Å². The highest BCUT2D eigenvalue weighted by molar-refractivity contribution is 5.70. The zero-order valence-electron chi connectivity index (χ0n) is 12.6. The number of rotatable bonds is 14. The van der Waals surface area contributed by atoms with Crippen molar-refractivity contribution in [1.29, 1.82) is 0 Å². The number of hydrogen-bond acceptors (Lipinski definition) is 2. The van der Waals surface area contributed by atoms with Gasteiger partial charge in [-0.3, -0.25) is 0 Å². The standard InChI is InChI=1S/C16H31FO2/c1-2-3-4-5-6-7-8-9-10-11-12-13-14-19-16(18)15-17/h2-15H2,1H3. The molecule has 0 aliphatic rings. The monoisotopic (exact) mass is 274 g/mol. The molecule has 0 aliphatic heterocycles. The molecule has 0 radical (unpaired) electrons. The highest BCUT2D eigenvalue weighted by Crippen LogP contribution is 2.11. The normalized spacial score (nSPS) is 10.6. The fourth-order valence-corrected chi connectivity index (χ4v) is 2.17. The Kier molecular flexibility index (Phi) is 15.0. The van der Waals surface area contributed by atoms with Crippen molar-refractivity contribution in [2.75, 3.05) is 13.3 Å². The molecule has 0 saturated heterocycles. The van der Waals surface area contributed by atoms with E-state index in [0.717, 1.165) is 12.8 Å². The van der Waals surface area contributed by atoms with Gasteiger partial charge in [0.2, 0.25) is 0 Å². The second-order valence-corrected chi connectivity index (χ2v) is 5.24. The van der Waals surface area contributed by atoms with E-state index in [0.29, 0.717) is 6.61 Å². The average molecular weight is 274 g/mol. The lowest BCUT2D eigenvalue weighted by Gasteiger charge is -2.03. The Hall–Kier alpha value is -0.600. The molecule has 0 amide bonds. The van der Waals surface area contributed by atoms with Crippen LogP contribution in [0.3, 0.4) is 0 Å². The van der Waals surface area contributed by atoms with Crippen LogP contribution in [0.15, 0.2) is 0 Å². The lowest BCUT2D eigenvalue weighted by Crippen LogP contribution is -2.07. The number of ether oxygens (including phenoxy) is 1. The first-order valence-electron chi connectivity index (χ1n) is 8.02. The number of alkyl halides is 1. The maximum Gasteiger partial charge on any atom is 0.337 e. The molecule has 3 heteroatoms. The predicted molar refractivity (Wildman–Crippen MR) is 78.0 cm³/mol. The molecule has 0 unspecified atom stereocenters. The Balaban J connectivity index is 2.97. The van der Waals surface area contributed by atoms with E-state index in [4.69, 9.17) is 0 Å². The Morgan fingerprint density at radius 1 is 0.789 bits per heavy atom. The van der Waals surface area contributed by atoms with Crippen molar-refractivity contribution in [2.24, 2.45) is 0 Å². The molecule has 0 aromatic rings. The van der Waals surface area contributed by atoms with Crippen LogP contribution in [0.2, 0.25) is 0 Å². The summed E-state index contributed by atoms with van der Waals surface area (Å²) in [6.07, 6.45) is 15.3. The Morgan fingerprint density at radius 2 is 1.21 bits per heavy atom. The number of unbranched alkanes of at least 4 members (excludes halogenated alkanes) is 11. The lowest BCUT2D eigenvalue weighted by atomic mass is 10.1. The van der Waals surface area contributed by atoms with Gasteiger partial charge < -0.3 is 4.74 Å². The van der Waals surface area contributed by atoms with Crippen molar-refractivity contribution in [3.05, 3.63) is 0 Å². The third kappa shape index (κ3) is 15.3. The molecular formula is C16H31FO2. The molecule has 0 rings (SSSR count). The van der Waals surface area contributed by atoms with E-state index in [1.807, 2.05) is 0 Å². The minimum atomic E-state index is -1.00. The summed E-state index contributed by atoms with van der Waals surface area (Å²) in [6, 6.07) is 0. The average Bonchev–Trinajstić information content (AvgIpc) is 2.43. The van der Waals surface area contributed by atoms with Crippen molar-refractivity contribution >= 4 is 5.97 Å². The molecule has 19 heavy (non-hydrogen) atoms. The smallest absolute Gasteiger partial charge is 0.337 e. The van der Waals surface area contributed by atoms with Crippen molar-refractivity contribution in [1.82, 2.24) is 0 Å². The summed E-state index contributed by atoms with van der Waals surface area (Å²) < 4.78 is 16.4. The first-order valence-corrected chi connectivity index (χ1v) is 8.02. The van der Waals surface area contributed by atoms with E-state index in [1.165, 1.54) is 64.2 Å². The van der Waals surface area contributed by atoms with Crippen LogP contribution in [0.4, 0.5) is 4.39 Å². The molecule has 2 nitrogen and oxygen atoms in total. The number of hydrogen-bond donors (Lipinski definition) is 0. The second kappa shape index (κ2) is 15.5. The van der Waals surface area contributed by atoms with Crippen molar-refractivity contribution in [2.45, 2.75) is 84.0 Å². The quantitative estimate of drug-likeness (QED) is 0.321. The van der Waals surface area contributed by atoms with Crippen LogP contribution >= 0.6 is 0 Å². The van der Waals surface area contributed by atoms with Gasteiger partial charge in [-0.25, -0.2) is 9.18 Å². The highest BCUT2D eigenvalue weighted by atomic mass is 19.1. The Morgan fingerprint density at radius 3 is 1.63 bits per heavy atom. The molecule has 0 aromatic heterocycles. The summed E-state index contributed by atoms with van der Waals surface area (Å²) in [5, 5.41) is 0. The van der Waals surface area contributed by atoms with E-state index < -0.39 is 12.6 Å². The summed E-state index contributed by atoms with van der Waals surface area (Å²) in [5.41, 5.74) is 0. The van der Waals surface area contributed by atoms with Gasteiger partial charge in [0.15, 0.2) is 6.67 Å². The highest BCUT2D eigenvalue weighted by Gasteiger charge is 1.99. The summed E-state index contributed by atoms with van der Waals surface area (Å²) in [5.74, 6) is -0.733. The van der Waals surface area contributed by atoms with Gasteiger partial charge >= 0.3 is 5.97 Å². The molecule has 0 heterocycles. The number of carbonyl (C=O) groups is 1. The van der Waals surface area contributed by atoms with Crippen LogP contribution in [-0.2, 0) is 9.53 Å². The van der Waals surface area contributed by atoms with E-state index >= 15 is 0 Å². The van der Waals surface area contributed by atoms with Crippen LogP contribution < -0.4 is 0 Å². The maximum absolute atomic E-state index is 11.8. The van der Waals surface area contributed by atoms with E-state index in [9.17, 15) is 9.18 Å². The van der Waals surface area contributed by atoms with Crippen LogP contribution in [0, 0.1) is 0 Å². The van der Waals surface area contributed by atoms with E-state index in [1.54, 1.807) is 0 Å². The number of carbonyl (C=O) groups excluding carboxylic acids is 1. The zero-order chi connectivity index (χ0) is 14.2. The van der Waals surface area contributed by atoms with E-state index in [-0.39, 0.29) is 0 Å². The second-order valence-electron chi connectivity index (χ2n) is 5.24. The Labute approximate surface area is 118 Å². The van der Waals surface area contributed by atoms with Gasteiger partial charge in [0.05, 0.1) is 6.61 Å². The fourth-order valence-electron chi connectivity index (χ4n) is 2.17. The van der Waals surface area contributed by atoms with Crippen LogP contribution in [0.1, 0.15) is 84.0 Å². The first kappa shape index (κ1) is 18.4. The van der Waals surface area contributed by atoms with Gasteiger partial charge in [-0.2, -0.15) is 0 Å². The molecule has 0 bridgehead atoms. The predicted octanol–water partition coefficient (Wildman–Crippen LogP) is 5.20. The third-order valence-electron chi connectivity index (χ3n) is 3.37. The Bertz CT molecular complexity index is 195. The molecule has 0 aromatic carbocycles. The van der Waals surface area contributed by atoms with Gasteiger partial charge in [0.25, 0.3) is 0 Å². The zero-order valence-corrected chi connectivity index (χ0v) is 12.6. The molecule has 0 saturated carbocycles. The minimum Gasteiger partial charge on any atom is -0.464 e. The van der Waals surface area contributed by atoms with Gasteiger partial charge in [-0.1, -0.05) is 77.6 Å². The molecule has 0 atom stereocenters. The van der Waals surface area contributed by atoms with Gasteiger partial charge in [0.1, 0.15) is 0 Å². The van der Waals surface area contributed by atoms with Crippen LogP contribution in [-0.4, -0.2) is 19.3 Å².